The van der Waals surface area contributed by atoms with Crippen molar-refractivity contribution < 1.29 is 19.2 Å². The second-order valence-electron chi connectivity index (χ2n) is 7.26. The van der Waals surface area contributed by atoms with E-state index in [-0.39, 0.29) is 29.8 Å². The summed E-state index contributed by atoms with van der Waals surface area (Å²) in [7, 11) is 1.58. The van der Waals surface area contributed by atoms with Crippen LogP contribution in [0.5, 0.6) is 5.75 Å². The SMILES string of the molecule is CCCNC(=O)[C@@H](C)N(Cc1cccc(OC)c1)C(=O)CSCc1ccc([N+](=O)[O-])cc1. The summed E-state index contributed by atoms with van der Waals surface area (Å²) < 4.78 is 5.27. The normalized spacial score (nSPS) is 11.5. The maximum absolute atomic E-state index is 13.1. The fraction of sp³-hybridized carbons (Fsp3) is 0.391. The Morgan fingerprint density at radius 3 is 2.53 bits per heavy atom. The number of nitro groups is 1. The molecule has 0 fully saturated rings. The molecule has 2 aromatic carbocycles. The number of nitrogens with zero attached hydrogens (tertiary/aromatic N) is 2. The minimum atomic E-state index is -0.625. The molecule has 2 rings (SSSR count). The minimum Gasteiger partial charge on any atom is -0.497 e. The first-order chi connectivity index (χ1) is 15.3. The molecule has 0 aromatic heterocycles. The van der Waals surface area contributed by atoms with Crippen LogP contribution in [0.3, 0.4) is 0 Å². The van der Waals surface area contributed by atoms with Gasteiger partial charge in [-0.1, -0.05) is 31.2 Å². The van der Waals surface area contributed by atoms with Crippen molar-refractivity contribution in [2.75, 3.05) is 19.4 Å². The van der Waals surface area contributed by atoms with E-state index in [9.17, 15) is 19.7 Å². The van der Waals surface area contributed by atoms with E-state index in [1.165, 1.54) is 23.9 Å². The van der Waals surface area contributed by atoms with Gasteiger partial charge in [0.25, 0.3) is 5.69 Å². The molecule has 0 aliphatic rings. The minimum absolute atomic E-state index is 0.0335. The topological polar surface area (TPSA) is 102 Å². The summed E-state index contributed by atoms with van der Waals surface area (Å²) in [6, 6.07) is 13.1. The third-order valence-corrected chi connectivity index (χ3v) is 5.83. The average Bonchev–Trinajstić information content (AvgIpc) is 2.80. The Kier molecular flexibility index (Phi) is 10.0. The van der Waals surface area contributed by atoms with Gasteiger partial charge in [0.1, 0.15) is 11.8 Å². The number of non-ortho nitro benzene ring substituents is 1. The lowest BCUT2D eigenvalue weighted by Crippen LogP contribution is -2.48. The van der Waals surface area contributed by atoms with Crippen molar-refractivity contribution in [3.05, 3.63) is 69.8 Å². The molecule has 0 saturated heterocycles. The number of nitrogens with one attached hydrogen (secondary N) is 1. The van der Waals surface area contributed by atoms with Gasteiger partial charge < -0.3 is 15.0 Å². The van der Waals surface area contributed by atoms with Crippen molar-refractivity contribution >= 4 is 29.3 Å². The van der Waals surface area contributed by atoms with Gasteiger partial charge in [-0.3, -0.25) is 19.7 Å². The molecule has 0 saturated carbocycles. The summed E-state index contributed by atoms with van der Waals surface area (Å²) in [5, 5.41) is 13.6. The van der Waals surface area contributed by atoms with Crippen LogP contribution < -0.4 is 10.1 Å². The highest BCUT2D eigenvalue weighted by Crippen LogP contribution is 2.20. The highest BCUT2D eigenvalue weighted by atomic mass is 32.2. The molecule has 1 N–H and O–H groups in total. The van der Waals surface area contributed by atoms with Crippen LogP contribution in [0.25, 0.3) is 0 Å². The van der Waals surface area contributed by atoms with Crippen molar-refractivity contribution in [1.29, 1.82) is 0 Å². The molecule has 0 aliphatic carbocycles. The third kappa shape index (κ3) is 7.56. The van der Waals surface area contributed by atoms with E-state index >= 15 is 0 Å². The molecule has 8 nitrogen and oxygen atoms in total. The quantitative estimate of drug-likeness (QED) is 0.383. The fourth-order valence-corrected chi connectivity index (χ4v) is 3.87. The van der Waals surface area contributed by atoms with Gasteiger partial charge in [-0.15, -0.1) is 11.8 Å². The first-order valence-corrected chi connectivity index (χ1v) is 11.5. The van der Waals surface area contributed by atoms with Gasteiger partial charge in [0.2, 0.25) is 11.8 Å². The first kappa shape index (κ1) is 25.2. The second kappa shape index (κ2) is 12.7. The molecule has 172 valence electrons. The summed E-state index contributed by atoms with van der Waals surface area (Å²) >= 11 is 1.40. The molecule has 0 spiro atoms. The van der Waals surface area contributed by atoms with Crippen molar-refractivity contribution in [1.82, 2.24) is 10.2 Å². The molecular formula is C23H29N3O5S. The summed E-state index contributed by atoms with van der Waals surface area (Å²) in [6.07, 6.45) is 0.813. The third-order valence-electron chi connectivity index (χ3n) is 4.85. The lowest BCUT2D eigenvalue weighted by atomic mass is 10.1. The maximum atomic E-state index is 13.1. The lowest BCUT2D eigenvalue weighted by Gasteiger charge is -2.29. The zero-order valence-electron chi connectivity index (χ0n) is 18.6. The molecule has 0 bridgehead atoms. The Morgan fingerprint density at radius 1 is 1.19 bits per heavy atom. The highest BCUT2D eigenvalue weighted by molar-refractivity contribution is 7.99. The molecular weight excluding hydrogens is 430 g/mol. The average molecular weight is 460 g/mol. The van der Waals surface area contributed by atoms with E-state index in [1.807, 2.05) is 31.2 Å². The van der Waals surface area contributed by atoms with E-state index in [1.54, 1.807) is 31.1 Å². The Bertz CT molecular complexity index is 920. The Balaban J connectivity index is 2.06. The number of thioether (sulfide) groups is 1. The Hall–Kier alpha value is -3.07. The van der Waals surface area contributed by atoms with Crippen LogP contribution in [-0.4, -0.2) is 47.1 Å². The smallest absolute Gasteiger partial charge is 0.269 e. The number of hydrogen-bond acceptors (Lipinski definition) is 6. The molecule has 0 aliphatic heterocycles. The van der Waals surface area contributed by atoms with Gasteiger partial charge >= 0.3 is 0 Å². The summed E-state index contributed by atoms with van der Waals surface area (Å²) in [6.45, 7) is 4.54. The number of nitro benzene ring substituents is 1. The molecule has 1 atom stereocenters. The molecule has 2 aromatic rings. The van der Waals surface area contributed by atoms with Crippen LogP contribution in [-0.2, 0) is 21.9 Å². The van der Waals surface area contributed by atoms with Crippen LogP contribution in [0.2, 0.25) is 0 Å². The molecule has 0 unspecified atom stereocenters. The fourth-order valence-electron chi connectivity index (χ4n) is 3.00. The maximum Gasteiger partial charge on any atom is 0.269 e. The van der Waals surface area contributed by atoms with E-state index in [0.717, 1.165) is 17.5 Å². The second-order valence-corrected chi connectivity index (χ2v) is 8.24. The van der Waals surface area contributed by atoms with Crippen LogP contribution >= 0.6 is 11.8 Å². The molecule has 0 radical (unpaired) electrons. The number of rotatable bonds is 12. The zero-order chi connectivity index (χ0) is 23.5. The first-order valence-electron chi connectivity index (χ1n) is 10.4. The van der Waals surface area contributed by atoms with Crippen molar-refractivity contribution in [3.63, 3.8) is 0 Å². The number of carbonyl (C=O) groups is 2. The van der Waals surface area contributed by atoms with E-state index in [4.69, 9.17) is 4.74 Å². The predicted octanol–water partition coefficient (Wildman–Crippen LogP) is 3.78. The monoisotopic (exact) mass is 459 g/mol. The standard InChI is InChI=1S/C23H29N3O5S/c1-4-12-24-23(28)17(2)25(14-19-6-5-7-21(13-19)31-3)22(27)16-32-15-18-8-10-20(11-9-18)26(29)30/h5-11,13,17H,4,12,14-16H2,1-3H3,(H,24,28)/t17-/m1/s1. The van der Waals surface area contributed by atoms with Gasteiger partial charge in [-0.2, -0.15) is 0 Å². The van der Waals surface area contributed by atoms with Crippen LogP contribution in [0.1, 0.15) is 31.4 Å². The lowest BCUT2D eigenvalue weighted by molar-refractivity contribution is -0.384. The van der Waals surface area contributed by atoms with Gasteiger partial charge in [-0.05, 0) is 36.6 Å². The Labute approximate surface area is 192 Å². The van der Waals surface area contributed by atoms with Crippen LogP contribution in [0, 0.1) is 10.1 Å². The number of benzene rings is 2. The molecule has 0 heterocycles. The largest absolute Gasteiger partial charge is 0.497 e. The Morgan fingerprint density at radius 2 is 1.91 bits per heavy atom. The van der Waals surface area contributed by atoms with Crippen molar-refractivity contribution in [3.8, 4) is 5.75 Å². The summed E-state index contributed by atoms with van der Waals surface area (Å²) in [5.41, 5.74) is 1.79. The number of amides is 2. The van der Waals surface area contributed by atoms with Gasteiger partial charge in [0.05, 0.1) is 17.8 Å². The number of methoxy groups -OCH3 is 1. The predicted molar refractivity (Wildman–Crippen MR) is 126 cm³/mol. The van der Waals surface area contributed by atoms with Crippen LogP contribution in [0.15, 0.2) is 48.5 Å². The summed E-state index contributed by atoms with van der Waals surface area (Å²) in [5.74, 6) is 1.06. The van der Waals surface area contributed by atoms with Crippen molar-refractivity contribution in [2.45, 2.75) is 38.6 Å². The van der Waals surface area contributed by atoms with E-state index in [2.05, 4.69) is 5.32 Å². The number of ether oxygens (including phenoxy) is 1. The molecule has 32 heavy (non-hydrogen) atoms. The van der Waals surface area contributed by atoms with Crippen molar-refractivity contribution in [2.24, 2.45) is 0 Å². The number of carbonyl (C=O) groups excluding carboxylic acids is 2. The van der Waals surface area contributed by atoms with Crippen LogP contribution in [0.4, 0.5) is 5.69 Å². The van der Waals surface area contributed by atoms with E-state index < -0.39 is 11.0 Å². The summed E-state index contributed by atoms with van der Waals surface area (Å²) in [4.78, 5) is 37.5. The molecule has 9 heteroatoms. The van der Waals surface area contributed by atoms with Gasteiger partial charge in [0.15, 0.2) is 0 Å². The molecule has 2 amide bonds. The van der Waals surface area contributed by atoms with Gasteiger partial charge in [-0.25, -0.2) is 0 Å². The highest BCUT2D eigenvalue weighted by Gasteiger charge is 2.26. The van der Waals surface area contributed by atoms with Gasteiger partial charge in [0, 0.05) is 31.0 Å². The number of hydrogen-bond donors (Lipinski definition) is 1. The zero-order valence-corrected chi connectivity index (χ0v) is 19.4. The van der Waals surface area contributed by atoms with E-state index in [0.29, 0.717) is 18.0 Å².